The minimum Gasteiger partial charge on any atom is -0.333 e. The molecule has 0 saturated carbocycles. The largest absolute Gasteiger partial charge is 0.333 e. The lowest BCUT2D eigenvalue weighted by Gasteiger charge is -2.20. The van der Waals surface area contributed by atoms with Gasteiger partial charge in [-0.3, -0.25) is 0 Å². The summed E-state index contributed by atoms with van der Waals surface area (Å²) in [5.41, 5.74) is -0.158. The Morgan fingerprint density at radius 2 is 1.87 bits per heavy atom. The predicted octanol–water partition coefficient (Wildman–Crippen LogP) is 2.75. The summed E-state index contributed by atoms with van der Waals surface area (Å²) in [5.74, 6) is -0.443. The number of amides is 2. The average molecular weight is 210 g/mol. The molecule has 0 atom stereocenters. The molecule has 0 bridgehead atoms. The number of para-hydroxylation sites is 1. The van der Waals surface area contributed by atoms with Gasteiger partial charge in [-0.05, 0) is 32.9 Å². The van der Waals surface area contributed by atoms with Crippen molar-refractivity contribution >= 4 is 11.7 Å². The number of halogens is 1. The number of anilines is 1. The van der Waals surface area contributed by atoms with Crippen LogP contribution in [0.15, 0.2) is 24.3 Å². The summed E-state index contributed by atoms with van der Waals surface area (Å²) in [6.07, 6.45) is 0. The van der Waals surface area contributed by atoms with Gasteiger partial charge >= 0.3 is 6.03 Å². The van der Waals surface area contributed by atoms with E-state index in [1.807, 2.05) is 20.8 Å². The Kier molecular flexibility index (Phi) is 3.29. The van der Waals surface area contributed by atoms with Crippen LogP contribution in [0.4, 0.5) is 14.9 Å². The first-order valence-electron chi connectivity index (χ1n) is 4.72. The summed E-state index contributed by atoms with van der Waals surface area (Å²) in [6.45, 7) is 5.57. The molecule has 0 unspecified atom stereocenters. The maximum absolute atomic E-state index is 13.1. The van der Waals surface area contributed by atoms with E-state index in [0.717, 1.165) is 0 Å². The smallest absolute Gasteiger partial charge is 0.319 e. The number of benzene rings is 1. The Labute approximate surface area is 88.7 Å². The molecule has 82 valence electrons. The molecule has 0 fully saturated rings. The molecule has 0 radical (unpaired) electrons. The van der Waals surface area contributed by atoms with E-state index in [1.165, 1.54) is 12.1 Å². The van der Waals surface area contributed by atoms with Crippen LogP contribution in [0.25, 0.3) is 0 Å². The zero-order valence-electron chi connectivity index (χ0n) is 9.10. The first-order chi connectivity index (χ1) is 6.88. The Morgan fingerprint density at radius 3 is 2.40 bits per heavy atom. The molecule has 2 N–H and O–H groups in total. The minimum absolute atomic E-state index is 0.180. The molecule has 3 nitrogen and oxygen atoms in total. The molecule has 0 saturated heterocycles. The van der Waals surface area contributed by atoms with Crippen LogP contribution < -0.4 is 10.6 Å². The summed E-state index contributed by atoms with van der Waals surface area (Å²) in [7, 11) is 0. The van der Waals surface area contributed by atoms with Crippen molar-refractivity contribution in [1.29, 1.82) is 0 Å². The fourth-order valence-corrected chi connectivity index (χ4v) is 1.06. The van der Waals surface area contributed by atoms with Crippen molar-refractivity contribution in [2.45, 2.75) is 26.3 Å². The molecule has 0 aliphatic heterocycles. The summed E-state index contributed by atoms with van der Waals surface area (Å²) in [5, 5.41) is 5.12. The van der Waals surface area contributed by atoms with Crippen molar-refractivity contribution in [2.24, 2.45) is 0 Å². The van der Waals surface area contributed by atoms with Crippen molar-refractivity contribution in [3.63, 3.8) is 0 Å². The summed E-state index contributed by atoms with van der Waals surface area (Å²) >= 11 is 0. The third-order valence-electron chi connectivity index (χ3n) is 1.61. The highest BCUT2D eigenvalue weighted by atomic mass is 19.1. The van der Waals surface area contributed by atoms with E-state index in [2.05, 4.69) is 10.6 Å². The molecule has 0 heterocycles. The van der Waals surface area contributed by atoms with E-state index in [-0.39, 0.29) is 11.2 Å². The van der Waals surface area contributed by atoms with Gasteiger partial charge in [-0.25, -0.2) is 9.18 Å². The van der Waals surface area contributed by atoms with Crippen molar-refractivity contribution in [3.05, 3.63) is 30.1 Å². The van der Waals surface area contributed by atoms with Crippen molar-refractivity contribution in [1.82, 2.24) is 5.32 Å². The first kappa shape index (κ1) is 11.5. The van der Waals surface area contributed by atoms with Crippen LogP contribution in [0.3, 0.4) is 0 Å². The van der Waals surface area contributed by atoms with Gasteiger partial charge in [0.2, 0.25) is 0 Å². The lowest BCUT2D eigenvalue weighted by molar-refractivity contribution is 0.243. The molecule has 0 aromatic heterocycles. The zero-order valence-corrected chi connectivity index (χ0v) is 9.10. The fraction of sp³-hybridized carbons (Fsp3) is 0.364. The van der Waals surface area contributed by atoms with Crippen molar-refractivity contribution < 1.29 is 9.18 Å². The zero-order chi connectivity index (χ0) is 11.5. The van der Waals surface area contributed by atoms with Gasteiger partial charge < -0.3 is 10.6 Å². The number of nitrogens with one attached hydrogen (secondary N) is 2. The predicted molar refractivity (Wildman–Crippen MR) is 58.3 cm³/mol. The third kappa shape index (κ3) is 3.97. The number of carbonyl (C=O) groups excluding carboxylic acids is 1. The molecular formula is C11H15FN2O. The maximum Gasteiger partial charge on any atom is 0.319 e. The number of rotatable bonds is 1. The molecule has 1 rings (SSSR count). The van der Waals surface area contributed by atoms with Gasteiger partial charge in [0.05, 0.1) is 5.69 Å². The highest BCUT2D eigenvalue weighted by molar-refractivity contribution is 5.89. The van der Waals surface area contributed by atoms with Gasteiger partial charge in [-0.15, -0.1) is 0 Å². The highest BCUT2D eigenvalue weighted by Crippen LogP contribution is 2.12. The van der Waals surface area contributed by atoms with Crippen LogP contribution in [-0.4, -0.2) is 11.6 Å². The number of urea groups is 1. The normalized spacial score (nSPS) is 10.9. The number of hydrogen-bond donors (Lipinski definition) is 2. The van der Waals surface area contributed by atoms with Crippen LogP contribution >= 0.6 is 0 Å². The van der Waals surface area contributed by atoms with E-state index in [0.29, 0.717) is 0 Å². The van der Waals surface area contributed by atoms with Crippen LogP contribution in [0.2, 0.25) is 0 Å². The first-order valence-corrected chi connectivity index (χ1v) is 4.72. The summed E-state index contributed by atoms with van der Waals surface area (Å²) in [6, 6.07) is 5.63. The molecule has 1 aromatic carbocycles. The standard InChI is InChI=1S/C11H15FN2O/c1-11(2,3)14-10(15)13-9-7-5-4-6-8(9)12/h4-7H,1-3H3,(H2,13,14,15). The lowest BCUT2D eigenvalue weighted by atomic mass is 10.1. The lowest BCUT2D eigenvalue weighted by Crippen LogP contribution is -2.43. The molecular weight excluding hydrogens is 195 g/mol. The van der Waals surface area contributed by atoms with Crippen LogP contribution in [-0.2, 0) is 0 Å². The van der Waals surface area contributed by atoms with E-state index < -0.39 is 11.8 Å². The number of hydrogen-bond acceptors (Lipinski definition) is 1. The van der Waals surface area contributed by atoms with E-state index in [4.69, 9.17) is 0 Å². The van der Waals surface area contributed by atoms with Crippen LogP contribution in [0.1, 0.15) is 20.8 Å². The molecule has 0 spiro atoms. The van der Waals surface area contributed by atoms with Crippen LogP contribution in [0.5, 0.6) is 0 Å². The molecule has 0 aliphatic carbocycles. The Balaban J connectivity index is 2.64. The Morgan fingerprint density at radius 1 is 1.27 bits per heavy atom. The Hall–Kier alpha value is -1.58. The van der Waals surface area contributed by atoms with E-state index >= 15 is 0 Å². The second kappa shape index (κ2) is 4.29. The quantitative estimate of drug-likeness (QED) is 0.735. The molecule has 2 amide bonds. The average Bonchev–Trinajstić information content (AvgIpc) is 2.05. The number of carbonyl (C=O) groups is 1. The van der Waals surface area contributed by atoms with Gasteiger partial charge in [-0.1, -0.05) is 12.1 Å². The maximum atomic E-state index is 13.1. The SMILES string of the molecule is CC(C)(C)NC(=O)Nc1ccccc1F. The molecule has 4 heteroatoms. The second-order valence-electron chi connectivity index (χ2n) is 4.31. The monoisotopic (exact) mass is 210 g/mol. The van der Waals surface area contributed by atoms with Gasteiger partial charge in [0, 0.05) is 5.54 Å². The second-order valence-corrected chi connectivity index (χ2v) is 4.31. The molecule has 1 aromatic rings. The summed E-state index contributed by atoms with van der Waals surface area (Å²) < 4.78 is 13.1. The third-order valence-corrected chi connectivity index (χ3v) is 1.61. The molecule has 0 aliphatic rings. The van der Waals surface area contributed by atoms with Gasteiger partial charge in [-0.2, -0.15) is 0 Å². The van der Waals surface area contributed by atoms with Crippen LogP contribution in [0, 0.1) is 5.82 Å². The minimum atomic E-state index is -0.443. The highest BCUT2D eigenvalue weighted by Gasteiger charge is 2.14. The van der Waals surface area contributed by atoms with Gasteiger partial charge in [0.25, 0.3) is 0 Å². The summed E-state index contributed by atoms with van der Waals surface area (Å²) in [4.78, 5) is 11.4. The fourth-order valence-electron chi connectivity index (χ4n) is 1.06. The van der Waals surface area contributed by atoms with Gasteiger partial charge in [0.1, 0.15) is 5.82 Å². The topological polar surface area (TPSA) is 41.1 Å². The Bertz CT molecular complexity index is 358. The van der Waals surface area contributed by atoms with Gasteiger partial charge in [0.15, 0.2) is 0 Å². The van der Waals surface area contributed by atoms with E-state index in [9.17, 15) is 9.18 Å². The van der Waals surface area contributed by atoms with Crippen molar-refractivity contribution in [2.75, 3.05) is 5.32 Å². The van der Waals surface area contributed by atoms with Crippen molar-refractivity contribution in [3.8, 4) is 0 Å². The molecule has 15 heavy (non-hydrogen) atoms. The van der Waals surface area contributed by atoms with E-state index in [1.54, 1.807) is 12.1 Å².